The monoisotopic (exact) mass is 359 g/mol. The fourth-order valence-corrected chi connectivity index (χ4v) is 2.48. The lowest BCUT2D eigenvalue weighted by Gasteiger charge is -2.11. The van der Waals surface area contributed by atoms with E-state index in [0.717, 1.165) is 6.92 Å². The van der Waals surface area contributed by atoms with Gasteiger partial charge in [0, 0.05) is 18.1 Å². The van der Waals surface area contributed by atoms with E-state index in [2.05, 4.69) is 10.4 Å². The number of halogens is 3. The molecular weight excluding hydrogens is 343 g/mol. The van der Waals surface area contributed by atoms with Gasteiger partial charge in [-0.15, -0.1) is 0 Å². The molecule has 0 spiro atoms. The third kappa shape index (κ3) is 3.61. The van der Waals surface area contributed by atoms with Gasteiger partial charge >= 0.3 is 0 Å². The Morgan fingerprint density at radius 1 is 1.08 bits per heavy atom. The molecule has 7 heteroatoms. The average molecular weight is 359 g/mol. The van der Waals surface area contributed by atoms with Gasteiger partial charge < -0.3 is 5.32 Å². The molecule has 1 N–H and O–H groups in total. The highest BCUT2D eigenvalue weighted by atomic mass is 19.3. The molecule has 0 fully saturated rings. The van der Waals surface area contributed by atoms with Crippen LogP contribution in [-0.4, -0.2) is 15.7 Å². The number of carbonyl (C=O) groups excluding carboxylic acids is 1. The second-order valence-corrected chi connectivity index (χ2v) is 5.95. The first kappa shape index (κ1) is 17.7. The summed E-state index contributed by atoms with van der Waals surface area (Å²) in [6.07, 6.45) is 1.48. The molecule has 4 nitrogen and oxygen atoms in total. The van der Waals surface area contributed by atoms with E-state index in [0.29, 0.717) is 17.1 Å². The average Bonchev–Trinajstić information content (AvgIpc) is 2.96. The first-order chi connectivity index (χ1) is 12.3. The highest BCUT2D eigenvalue weighted by molar-refractivity contribution is 6.04. The minimum absolute atomic E-state index is 0.158. The number of benzene rings is 2. The van der Waals surface area contributed by atoms with Gasteiger partial charge in [-0.25, -0.2) is 17.9 Å². The van der Waals surface area contributed by atoms with Crippen LogP contribution in [0, 0.1) is 12.7 Å². The molecule has 0 radical (unpaired) electrons. The maximum atomic E-state index is 13.2. The van der Waals surface area contributed by atoms with E-state index in [-0.39, 0.29) is 16.9 Å². The molecule has 0 aliphatic heterocycles. The zero-order chi connectivity index (χ0) is 18.9. The van der Waals surface area contributed by atoms with E-state index in [1.54, 1.807) is 23.7 Å². The Bertz CT molecular complexity index is 926. The molecule has 2 aromatic carbocycles. The van der Waals surface area contributed by atoms with Crippen LogP contribution >= 0.6 is 0 Å². The summed E-state index contributed by atoms with van der Waals surface area (Å²) < 4.78 is 41.1. The van der Waals surface area contributed by atoms with Crippen LogP contribution in [0.1, 0.15) is 28.5 Å². The summed E-state index contributed by atoms with van der Waals surface area (Å²) in [5.41, 5.74) is 1.88. The number of alkyl halides is 2. The lowest BCUT2D eigenvalue weighted by molar-refractivity contribution is 0.0174. The first-order valence-electron chi connectivity index (χ1n) is 7.86. The first-order valence-corrected chi connectivity index (χ1v) is 7.86. The van der Waals surface area contributed by atoms with E-state index >= 15 is 0 Å². The van der Waals surface area contributed by atoms with E-state index in [1.807, 2.05) is 0 Å². The van der Waals surface area contributed by atoms with Gasteiger partial charge in [-0.2, -0.15) is 5.10 Å². The second-order valence-electron chi connectivity index (χ2n) is 5.95. The molecule has 0 unspecified atom stereocenters. The van der Waals surface area contributed by atoms with Crippen LogP contribution in [0.25, 0.3) is 5.69 Å². The second kappa shape index (κ2) is 6.67. The molecule has 3 rings (SSSR count). The number of carbonyl (C=O) groups is 1. The summed E-state index contributed by atoms with van der Waals surface area (Å²) in [6.45, 7) is 2.56. The molecule has 3 aromatic rings. The molecular formula is C19H16F3N3O. The van der Waals surface area contributed by atoms with Crippen molar-refractivity contribution in [2.24, 2.45) is 0 Å². The van der Waals surface area contributed by atoms with Crippen molar-refractivity contribution in [3.05, 3.63) is 77.4 Å². The van der Waals surface area contributed by atoms with Crippen LogP contribution in [0.5, 0.6) is 0 Å². The zero-order valence-corrected chi connectivity index (χ0v) is 14.1. The van der Waals surface area contributed by atoms with E-state index in [9.17, 15) is 18.0 Å². The van der Waals surface area contributed by atoms with Crippen molar-refractivity contribution in [3.63, 3.8) is 0 Å². The minimum atomic E-state index is -2.96. The van der Waals surface area contributed by atoms with Crippen molar-refractivity contribution in [1.82, 2.24) is 9.78 Å². The number of anilines is 1. The number of amides is 1. The normalized spacial score (nSPS) is 11.4. The molecule has 1 aromatic heterocycles. The fraction of sp³-hybridized carbons (Fsp3) is 0.158. The van der Waals surface area contributed by atoms with Gasteiger partial charge in [-0.05, 0) is 43.3 Å². The smallest absolute Gasteiger partial charge is 0.270 e. The summed E-state index contributed by atoms with van der Waals surface area (Å²) in [6, 6.07) is 10.9. The van der Waals surface area contributed by atoms with Crippen molar-refractivity contribution >= 4 is 11.6 Å². The molecule has 0 aliphatic rings. The third-order valence-corrected chi connectivity index (χ3v) is 3.98. The van der Waals surface area contributed by atoms with Crippen LogP contribution in [0.3, 0.4) is 0 Å². The third-order valence-electron chi connectivity index (χ3n) is 3.98. The Labute approximate surface area is 148 Å². The van der Waals surface area contributed by atoms with Crippen LogP contribution in [0.4, 0.5) is 18.9 Å². The number of nitrogens with one attached hydrogen (secondary N) is 1. The molecule has 0 saturated heterocycles. The maximum Gasteiger partial charge on any atom is 0.270 e. The summed E-state index contributed by atoms with van der Waals surface area (Å²) in [5, 5.41) is 6.89. The lowest BCUT2D eigenvalue weighted by Crippen LogP contribution is -2.13. The highest BCUT2D eigenvalue weighted by Crippen LogP contribution is 2.27. The van der Waals surface area contributed by atoms with Gasteiger partial charge in [0.25, 0.3) is 11.8 Å². The summed E-state index contributed by atoms with van der Waals surface area (Å²) in [4.78, 5) is 12.3. The molecule has 0 saturated carbocycles. The molecule has 1 amide bonds. The van der Waals surface area contributed by atoms with Crippen LogP contribution in [-0.2, 0) is 5.92 Å². The SMILES string of the molecule is Cc1c(NC(=O)c2ccc(C(C)(F)F)cc2)cnn1-c1ccc(F)cc1. The fourth-order valence-electron chi connectivity index (χ4n) is 2.48. The molecule has 1 heterocycles. The van der Waals surface area contributed by atoms with E-state index in [1.165, 1.54) is 42.6 Å². The van der Waals surface area contributed by atoms with Crippen LogP contribution < -0.4 is 5.32 Å². The molecule has 134 valence electrons. The zero-order valence-electron chi connectivity index (χ0n) is 14.1. The standard InChI is InChI=1S/C19H16F3N3O/c1-12-17(11-23-25(12)16-9-7-15(20)8-10-16)24-18(26)13-3-5-14(6-4-13)19(2,21)22/h3-11H,1-2H3,(H,24,26). The molecule has 0 aliphatic carbocycles. The Balaban J connectivity index is 1.79. The van der Waals surface area contributed by atoms with Gasteiger partial charge in [-0.3, -0.25) is 4.79 Å². The van der Waals surface area contributed by atoms with E-state index < -0.39 is 11.8 Å². The molecule has 0 bridgehead atoms. The van der Waals surface area contributed by atoms with Crippen LogP contribution in [0.15, 0.2) is 54.7 Å². The number of hydrogen-bond donors (Lipinski definition) is 1. The van der Waals surface area contributed by atoms with Gasteiger partial charge in [0.1, 0.15) is 5.82 Å². The topological polar surface area (TPSA) is 46.9 Å². The molecule has 0 atom stereocenters. The molecule has 26 heavy (non-hydrogen) atoms. The predicted molar refractivity (Wildman–Crippen MR) is 92.2 cm³/mol. The van der Waals surface area contributed by atoms with Crippen molar-refractivity contribution in [3.8, 4) is 5.69 Å². The number of nitrogens with zero attached hydrogens (tertiary/aromatic N) is 2. The van der Waals surface area contributed by atoms with E-state index in [4.69, 9.17) is 0 Å². The Morgan fingerprint density at radius 3 is 2.27 bits per heavy atom. The minimum Gasteiger partial charge on any atom is -0.319 e. The summed E-state index contributed by atoms with van der Waals surface area (Å²) in [5.74, 6) is -3.74. The number of rotatable bonds is 4. The van der Waals surface area contributed by atoms with Gasteiger partial charge in [-0.1, -0.05) is 12.1 Å². The van der Waals surface area contributed by atoms with Crippen LogP contribution in [0.2, 0.25) is 0 Å². The number of aromatic nitrogens is 2. The lowest BCUT2D eigenvalue weighted by atomic mass is 10.1. The summed E-state index contributed by atoms with van der Waals surface area (Å²) in [7, 11) is 0. The van der Waals surface area contributed by atoms with Crippen molar-refractivity contribution in [2.45, 2.75) is 19.8 Å². The van der Waals surface area contributed by atoms with Crippen molar-refractivity contribution in [2.75, 3.05) is 5.32 Å². The predicted octanol–water partition coefficient (Wildman–Crippen LogP) is 4.68. The highest BCUT2D eigenvalue weighted by Gasteiger charge is 2.24. The summed E-state index contributed by atoms with van der Waals surface area (Å²) >= 11 is 0. The Kier molecular flexibility index (Phi) is 4.54. The van der Waals surface area contributed by atoms with Gasteiger partial charge in [0.05, 0.1) is 23.3 Å². The quantitative estimate of drug-likeness (QED) is 0.735. The van der Waals surface area contributed by atoms with Crippen molar-refractivity contribution in [1.29, 1.82) is 0 Å². The van der Waals surface area contributed by atoms with Gasteiger partial charge in [0.2, 0.25) is 0 Å². The number of hydrogen-bond acceptors (Lipinski definition) is 2. The maximum absolute atomic E-state index is 13.2. The van der Waals surface area contributed by atoms with Crippen molar-refractivity contribution < 1.29 is 18.0 Å². The Morgan fingerprint density at radius 2 is 1.69 bits per heavy atom. The van der Waals surface area contributed by atoms with Gasteiger partial charge in [0.15, 0.2) is 0 Å². The Hall–Kier alpha value is -3.09. The largest absolute Gasteiger partial charge is 0.319 e.